The minimum Gasteiger partial charge on any atom is -0.306 e. The van der Waals surface area contributed by atoms with Crippen molar-refractivity contribution < 1.29 is 0 Å². The highest BCUT2D eigenvalue weighted by Gasteiger charge is 2.08. The van der Waals surface area contributed by atoms with Gasteiger partial charge >= 0.3 is 0 Å². The Morgan fingerprint density at radius 3 is 2.70 bits per heavy atom. The number of benzene rings is 2. The third kappa shape index (κ3) is 3.46. The highest BCUT2D eigenvalue weighted by Crippen LogP contribution is 2.19. The lowest BCUT2D eigenvalue weighted by Crippen LogP contribution is -2.19. The molecule has 0 aliphatic carbocycles. The van der Waals surface area contributed by atoms with Crippen molar-refractivity contribution in [2.75, 3.05) is 0 Å². The molecule has 0 saturated heterocycles. The smallest absolute Gasteiger partial charge is 0.0991 e. The Bertz CT molecular complexity index is 638. The van der Waals surface area contributed by atoms with Gasteiger partial charge < -0.3 is 5.32 Å². The van der Waals surface area contributed by atoms with Gasteiger partial charge in [0.1, 0.15) is 0 Å². The number of hydrogen-bond acceptors (Lipinski definition) is 2. The van der Waals surface area contributed by atoms with E-state index in [1.807, 2.05) is 24.3 Å². The van der Waals surface area contributed by atoms with Crippen LogP contribution in [0, 0.1) is 25.2 Å². The first-order chi connectivity index (χ1) is 9.60. The molecule has 1 unspecified atom stereocenters. The van der Waals surface area contributed by atoms with Crippen LogP contribution >= 0.6 is 0 Å². The Morgan fingerprint density at radius 1 is 1.15 bits per heavy atom. The normalized spacial score (nSPS) is 11.9. The maximum Gasteiger partial charge on any atom is 0.0991 e. The van der Waals surface area contributed by atoms with Crippen LogP contribution in [-0.2, 0) is 6.54 Å². The molecule has 2 heteroatoms. The summed E-state index contributed by atoms with van der Waals surface area (Å²) in [5.41, 5.74) is 5.78. The quantitative estimate of drug-likeness (QED) is 0.905. The topological polar surface area (TPSA) is 35.8 Å². The van der Waals surface area contributed by atoms with Gasteiger partial charge in [-0.15, -0.1) is 0 Å². The lowest BCUT2D eigenvalue weighted by molar-refractivity contribution is 0.572. The van der Waals surface area contributed by atoms with Crippen molar-refractivity contribution in [3.05, 3.63) is 70.3 Å². The van der Waals surface area contributed by atoms with Gasteiger partial charge in [0.2, 0.25) is 0 Å². The van der Waals surface area contributed by atoms with Gasteiger partial charge in [0, 0.05) is 12.6 Å². The molecule has 0 aliphatic rings. The first kappa shape index (κ1) is 14.3. The zero-order valence-electron chi connectivity index (χ0n) is 12.3. The van der Waals surface area contributed by atoms with E-state index < -0.39 is 0 Å². The van der Waals surface area contributed by atoms with Crippen LogP contribution in [0.2, 0.25) is 0 Å². The van der Waals surface area contributed by atoms with Crippen LogP contribution in [0.25, 0.3) is 0 Å². The molecule has 0 aromatic heterocycles. The third-order valence-electron chi connectivity index (χ3n) is 3.57. The monoisotopic (exact) mass is 264 g/mol. The van der Waals surface area contributed by atoms with E-state index in [0.29, 0.717) is 11.6 Å². The molecule has 0 saturated carbocycles. The lowest BCUT2D eigenvalue weighted by atomic mass is 10.00. The average molecular weight is 264 g/mol. The van der Waals surface area contributed by atoms with Gasteiger partial charge in [0.25, 0.3) is 0 Å². The standard InChI is InChI=1S/C18H20N2/c1-13-7-8-14(2)18(9-13)15(3)20-12-17-6-4-5-16(10-17)11-19/h4-10,15,20H,12H2,1-3H3. The Kier molecular flexibility index (Phi) is 4.55. The molecule has 20 heavy (non-hydrogen) atoms. The number of hydrogen-bond donors (Lipinski definition) is 1. The molecule has 0 amide bonds. The summed E-state index contributed by atoms with van der Waals surface area (Å²) in [6.45, 7) is 7.20. The van der Waals surface area contributed by atoms with Gasteiger partial charge in [0.05, 0.1) is 11.6 Å². The summed E-state index contributed by atoms with van der Waals surface area (Å²) in [7, 11) is 0. The van der Waals surface area contributed by atoms with Gasteiger partial charge in [-0.05, 0) is 49.6 Å². The molecule has 0 heterocycles. The summed E-state index contributed by atoms with van der Waals surface area (Å²) in [5, 5.41) is 12.4. The second-order valence-corrected chi connectivity index (χ2v) is 5.27. The fourth-order valence-corrected chi connectivity index (χ4v) is 2.36. The molecule has 1 atom stereocenters. The summed E-state index contributed by atoms with van der Waals surface area (Å²) in [4.78, 5) is 0. The van der Waals surface area contributed by atoms with E-state index in [1.54, 1.807) is 0 Å². The van der Waals surface area contributed by atoms with Crippen LogP contribution in [0.1, 0.15) is 40.8 Å². The first-order valence-corrected chi connectivity index (χ1v) is 6.89. The largest absolute Gasteiger partial charge is 0.306 e. The molecular formula is C18H20N2. The molecule has 2 nitrogen and oxygen atoms in total. The summed E-state index contributed by atoms with van der Waals surface area (Å²) in [5.74, 6) is 0. The molecule has 0 fully saturated rings. The summed E-state index contributed by atoms with van der Waals surface area (Å²) in [6, 6.07) is 16.7. The molecule has 0 spiro atoms. The van der Waals surface area contributed by atoms with Crippen molar-refractivity contribution in [1.82, 2.24) is 5.32 Å². The van der Waals surface area contributed by atoms with Crippen LogP contribution in [0.4, 0.5) is 0 Å². The molecule has 0 radical (unpaired) electrons. The third-order valence-corrected chi connectivity index (χ3v) is 3.57. The van der Waals surface area contributed by atoms with E-state index in [9.17, 15) is 0 Å². The molecule has 2 aromatic rings. The molecule has 2 rings (SSSR count). The maximum absolute atomic E-state index is 8.91. The number of aryl methyl sites for hydroxylation is 2. The number of rotatable bonds is 4. The Labute approximate surface area is 121 Å². The minimum absolute atomic E-state index is 0.292. The number of nitrogens with one attached hydrogen (secondary N) is 1. The zero-order valence-corrected chi connectivity index (χ0v) is 12.3. The van der Waals surface area contributed by atoms with E-state index in [-0.39, 0.29) is 0 Å². The number of nitrogens with zero attached hydrogens (tertiary/aromatic N) is 1. The maximum atomic E-state index is 8.91. The highest BCUT2D eigenvalue weighted by atomic mass is 14.9. The lowest BCUT2D eigenvalue weighted by Gasteiger charge is -2.17. The SMILES string of the molecule is Cc1ccc(C)c(C(C)NCc2cccc(C#N)c2)c1. The van der Waals surface area contributed by atoms with E-state index >= 15 is 0 Å². The minimum atomic E-state index is 0.292. The van der Waals surface area contributed by atoms with Crippen molar-refractivity contribution in [2.24, 2.45) is 0 Å². The molecule has 0 aliphatic heterocycles. The van der Waals surface area contributed by atoms with Gasteiger partial charge in [-0.3, -0.25) is 0 Å². The fraction of sp³-hybridized carbons (Fsp3) is 0.278. The van der Waals surface area contributed by atoms with Crippen LogP contribution in [-0.4, -0.2) is 0 Å². The van der Waals surface area contributed by atoms with Gasteiger partial charge in [-0.25, -0.2) is 0 Å². The van der Waals surface area contributed by atoms with Crippen LogP contribution in [0.15, 0.2) is 42.5 Å². The van der Waals surface area contributed by atoms with Gasteiger partial charge in [-0.2, -0.15) is 5.26 Å². The molecule has 2 aromatic carbocycles. The number of nitriles is 1. The van der Waals surface area contributed by atoms with E-state index in [0.717, 1.165) is 12.1 Å². The molecule has 102 valence electrons. The predicted molar refractivity (Wildman–Crippen MR) is 82.3 cm³/mol. The van der Waals surface area contributed by atoms with Crippen LogP contribution in [0.3, 0.4) is 0 Å². The predicted octanol–water partition coefficient (Wildman–Crippen LogP) is 4.03. The average Bonchev–Trinajstić information content (AvgIpc) is 2.47. The summed E-state index contributed by atoms with van der Waals surface area (Å²) >= 11 is 0. The first-order valence-electron chi connectivity index (χ1n) is 6.89. The van der Waals surface area contributed by atoms with E-state index in [1.165, 1.54) is 16.7 Å². The van der Waals surface area contributed by atoms with Crippen molar-refractivity contribution in [1.29, 1.82) is 5.26 Å². The van der Waals surface area contributed by atoms with Crippen molar-refractivity contribution >= 4 is 0 Å². The molecule has 0 bridgehead atoms. The molecular weight excluding hydrogens is 244 g/mol. The van der Waals surface area contributed by atoms with Crippen LogP contribution in [0.5, 0.6) is 0 Å². The fourth-order valence-electron chi connectivity index (χ4n) is 2.36. The summed E-state index contributed by atoms with van der Waals surface area (Å²) < 4.78 is 0. The van der Waals surface area contributed by atoms with Gasteiger partial charge in [-0.1, -0.05) is 35.9 Å². The van der Waals surface area contributed by atoms with Gasteiger partial charge in [0.15, 0.2) is 0 Å². The van der Waals surface area contributed by atoms with E-state index in [4.69, 9.17) is 5.26 Å². The second-order valence-electron chi connectivity index (χ2n) is 5.27. The van der Waals surface area contributed by atoms with E-state index in [2.05, 4.69) is 50.4 Å². The zero-order chi connectivity index (χ0) is 14.5. The van der Waals surface area contributed by atoms with Crippen LogP contribution < -0.4 is 5.32 Å². The van der Waals surface area contributed by atoms with Crippen molar-refractivity contribution in [2.45, 2.75) is 33.4 Å². The Morgan fingerprint density at radius 2 is 1.95 bits per heavy atom. The van der Waals surface area contributed by atoms with Crippen molar-refractivity contribution in [3.63, 3.8) is 0 Å². The highest BCUT2D eigenvalue weighted by molar-refractivity contribution is 5.34. The molecule has 1 N–H and O–H groups in total. The Balaban J connectivity index is 2.06. The Hall–Kier alpha value is -2.11. The second kappa shape index (κ2) is 6.36. The summed E-state index contributed by atoms with van der Waals surface area (Å²) in [6.07, 6.45) is 0. The van der Waals surface area contributed by atoms with Crippen molar-refractivity contribution in [3.8, 4) is 6.07 Å².